The lowest BCUT2D eigenvalue weighted by Crippen LogP contribution is -2.20. The maximum atomic E-state index is 5.19. The SMILES string of the molecule is COc1ccc(C(C)(C)c2cc(C)ccn2)cc1. The number of rotatable bonds is 3. The number of hydrogen-bond donors (Lipinski definition) is 0. The third-order valence-corrected chi connectivity index (χ3v) is 3.37. The van der Waals surface area contributed by atoms with Crippen LogP contribution in [0.2, 0.25) is 0 Å². The molecule has 1 aromatic heterocycles. The third-order valence-electron chi connectivity index (χ3n) is 3.37. The second kappa shape index (κ2) is 4.81. The number of aryl methyl sites for hydroxylation is 1. The molecule has 0 atom stereocenters. The molecule has 0 radical (unpaired) electrons. The largest absolute Gasteiger partial charge is 0.497 e. The van der Waals surface area contributed by atoms with Crippen LogP contribution in [0.25, 0.3) is 0 Å². The van der Waals surface area contributed by atoms with Crippen LogP contribution in [0.1, 0.15) is 30.7 Å². The number of benzene rings is 1. The van der Waals surface area contributed by atoms with Crippen molar-refractivity contribution in [2.45, 2.75) is 26.2 Å². The second-order valence-corrected chi connectivity index (χ2v) is 5.07. The van der Waals surface area contributed by atoms with Crippen molar-refractivity contribution < 1.29 is 4.74 Å². The first-order valence-corrected chi connectivity index (χ1v) is 6.11. The van der Waals surface area contributed by atoms with Gasteiger partial charge in [0.05, 0.1) is 12.8 Å². The number of methoxy groups -OCH3 is 1. The van der Waals surface area contributed by atoms with Crippen LogP contribution in [0.5, 0.6) is 5.75 Å². The van der Waals surface area contributed by atoms with Gasteiger partial charge in [-0.25, -0.2) is 0 Å². The molecule has 2 rings (SSSR count). The molecule has 1 heterocycles. The lowest BCUT2D eigenvalue weighted by Gasteiger charge is -2.25. The van der Waals surface area contributed by atoms with Crippen molar-refractivity contribution >= 4 is 0 Å². The average molecular weight is 241 g/mol. The Morgan fingerprint density at radius 2 is 1.72 bits per heavy atom. The number of nitrogens with zero attached hydrogens (tertiary/aromatic N) is 1. The van der Waals surface area contributed by atoms with E-state index in [1.807, 2.05) is 24.4 Å². The van der Waals surface area contributed by atoms with Crippen LogP contribution in [0.15, 0.2) is 42.6 Å². The van der Waals surface area contributed by atoms with Crippen LogP contribution in [-0.4, -0.2) is 12.1 Å². The molecular formula is C16H19NO. The van der Waals surface area contributed by atoms with Gasteiger partial charge in [-0.1, -0.05) is 26.0 Å². The Labute approximate surface area is 109 Å². The highest BCUT2D eigenvalue weighted by Crippen LogP contribution is 2.31. The summed E-state index contributed by atoms with van der Waals surface area (Å²) < 4.78 is 5.19. The maximum absolute atomic E-state index is 5.19. The molecule has 0 aliphatic carbocycles. The summed E-state index contributed by atoms with van der Waals surface area (Å²) in [5.74, 6) is 0.881. The van der Waals surface area contributed by atoms with Crippen molar-refractivity contribution in [3.05, 3.63) is 59.4 Å². The Morgan fingerprint density at radius 1 is 1.06 bits per heavy atom. The van der Waals surface area contributed by atoms with E-state index in [2.05, 4.69) is 44.0 Å². The van der Waals surface area contributed by atoms with Gasteiger partial charge in [0.2, 0.25) is 0 Å². The summed E-state index contributed by atoms with van der Waals surface area (Å²) in [5, 5.41) is 0. The number of ether oxygens (including phenoxy) is 1. The number of hydrogen-bond acceptors (Lipinski definition) is 2. The van der Waals surface area contributed by atoms with E-state index in [0.717, 1.165) is 11.4 Å². The Morgan fingerprint density at radius 3 is 2.28 bits per heavy atom. The van der Waals surface area contributed by atoms with Crippen LogP contribution in [0.4, 0.5) is 0 Å². The molecule has 0 unspecified atom stereocenters. The lowest BCUT2D eigenvalue weighted by atomic mass is 9.81. The molecule has 0 amide bonds. The average Bonchev–Trinajstić information content (AvgIpc) is 2.39. The topological polar surface area (TPSA) is 22.1 Å². The van der Waals surface area contributed by atoms with Gasteiger partial charge in [-0.3, -0.25) is 4.98 Å². The monoisotopic (exact) mass is 241 g/mol. The number of aromatic nitrogens is 1. The Kier molecular flexibility index (Phi) is 3.37. The summed E-state index contributed by atoms with van der Waals surface area (Å²) in [6.45, 7) is 6.47. The van der Waals surface area contributed by atoms with Crippen molar-refractivity contribution in [1.29, 1.82) is 0 Å². The molecule has 2 heteroatoms. The van der Waals surface area contributed by atoms with Crippen LogP contribution >= 0.6 is 0 Å². The Hall–Kier alpha value is -1.83. The summed E-state index contributed by atoms with van der Waals surface area (Å²) in [6.07, 6.45) is 1.87. The summed E-state index contributed by atoms with van der Waals surface area (Å²) in [5.41, 5.74) is 3.47. The fraction of sp³-hybridized carbons (Fsp3) is 0.312. The van der Waals surface area contributed by atoms with Crippen molar-refractivity contribution in [1.82, 2.24) is 4.98 Å². The molecule has 94 valence electrons. The molecule has 0 aliphatic heterocycles. The fourth-order valence-electron chi connectivity index (χ4n) is 2.03. The van der Waals surface area contributed by atoms with E-state index in [0.29, 0.717) is 0 Å². The molecule has 0 bridgehead atoms. The highest BCUT2D eigenvalue weighted by molar-refractivity contribution is 5.38. The van der Waals surface area contributed by atoms with Crippen LogP contribution in [-0.2, 0) is 5.41 Å². The fourth-order valence-corrected chi connectivity index (χ4v) is 2.03. The highest BCUT2D eigenvalue weighted by Gasteiger charge is 2.24. The van der Waals surface area contributed by atoms with Crippen LogP contribution in [0.3, 0.4) is 0 Å². The normalized spacial score (nSPS) is 11.3. The van der Waals surface area contributed by atoms with Crippen molar-refractivity contribution in [2.75, 3.05) is 7.11 Å². The van der Waals surface area contributed by atoms with E-state index in [9.17, 15) is 0 Å². The highest BCUT2D eigenvalue weighted by atomic mass is 16.5. The molecule has 2 nitrogen and oxygen atoms in total. The van der Waals surface area contributed by atoms with Gasteiger partial charge in [-0.05, 0) is 42.3 Å². The molecule has 0 saturated heterocycles. The molecule has 0 N–H and O–H groups in total. The standard InChI is InChI=1S/C16H19NO/c1-12-9-10-17-15(11-12)16(2,3)13-5-7-14(18-4)8-6-13/h5-11H,1-4H3. The first-order chi connectivity index (χ1) is 8.54. The Bertz CT molecular complexity index is 529. The zero-order valence-corrected chi connectivity index (χ0v) is 11.4. The smallest absolute Gasteiger partial charge is 0.118 e. The van der Waals surface area contributed by atoms with Gasteiger partial charge < -0.3 is 4.74 Å². The maximum Gasteiger partial charge on any atom is 0.118 e. The van der Waals surface area contributed by atoms with Crippen molar-refractivity contribution in [3.8, 4) is 5.75 Å². The van der Waals surface area contributed by atoms with Gasteiger partial charge in [0.15, 0.2) is 0 Å². The quantitative estimate of drug-likeness (QED) is 0.817. The molecular weight excluding hydrogens is 222 g/mol. The third kappa shape index (κ3) is 2.37. The van der Waals surface area contributed by atoms with Gasteiger partial charge in [-0.15, -0.1) is 0 Å². The summed E-state index contributed by atoms with van der Waals surface area (Å²) in [6, 6.07) is 12.4. The van der Waals surface area contributed by atoms with Crippen LogP contribution in [0, 0.1) is 6.92 Å². The molecule has 0 fully saturated rings. The molecule has 0 aliphatic rings. The zero-order chi connectivity index (χ0) is 13.2. The second-order valence-electron chi connectivity index (χ2n) is 5.07. The van der Waals surface area contributed by atoms with E-state index >= 15 is 0 Å². The zero-order valence-electron chi connectivity index (χ0n) is 11.4. The molecule has 1 aromatic carbocycles. The van der Waals surface area contributed by atoms with E-state index in [-0.39, 0.29) is 5.41 Å². The number of pyridine rings is 1. The van der Waals surface area contributed by atoms with Gasteiger partial charge in [0.1, 0.15) is 5.75 Å². The molecule has 2 aromatic rings. The lowest BCUT2D eigenvalue weighted by molar-refractivity contribution is 0.414. The Balaban J connectivity index is 2.40. The van der Waals surface area contributed by atoms with E-state index in [4.69, 9.17) is 4.74 Å². The molecule has 0 saturated carbocycles. The van der Waals surface area contributed by atoms with E-state index < -0.39 is 0 Å². The van der Waals surface area contributed by atoms with Crippen LogP contribution < -0.4 is 4.74 Å². The first-order valence-electron chi connectivity index (χ1n) is 6.11. The minimum atomic E-state index is -0.0989. The van der Waals surface area contributed by atoms with Crippen molar-refractivity contribution in [2.24, 2.45) is 0 Å². The predicted octanol–water partition coefficient (Wildman–Crippen LogP) is 3.72. The summed E-state index contributed by atoms with van der Waals surface area (Å²) in [7, 11) is 1.68. The van der Waals surface area contributed by atoms with Gasteiger partial charge in [0, 0.05) is 11.6 Å². The minimum absolute atomic E-state index is 0.0989. The van der Waals surface area contributed by atoms with Crippen molar-refractivity contribution in [3.63, 3.8) is 0 Å². The summed E-state index contributed by atoms with van der Waals surface area (Å²) in [4.78, 5) is 4.50. The van der Waals surface area contributed by atoms with Gasteiger partial charge in [0.25, 0.3) is 0 Å². The first kappa shape index (κ1) is 12.6. The minimum Gasteiger partial charge on any atom is -0.497 e. The van der Waals surface area contributed by atoms with E-state index in [1.54, 1.807) is 7.11 Å². The van der Waals surface area contributed by atoms with Gasteiger partial charge in [-0.2, -0.15) is 0 Å². The van der Waals surface area contributed by atoms with Gasteiger partial charge >= 0.3 is 0 Å². The molecule has 0 spiro atoms. The molecule has 18 heavy (non-hydrogen) atoms. The van der Waals surface area contributed by atoms with E-state index in [1.165, 1.54) is 11.1 Å². The summed E-state index contributed by atoms with van der Waals surface area (Å²) >= 11 is 0. The predicted molar refractivity (Wildman–Crippen MR) is 74.1 cm³/mol.